The van der Waals surface area contributed by atoms with Crippen molar-refractivity contribution in [1.82, 2.24) is 14.7 Å². The summed E-state index contributed by atoms with van der Waals surface area (Å²) in [4.78, 5) is 33.7. The molecule has 0 fully saturated rings. The second kappa shape index (κ2) is 10.2. The van der Waals surface area contributed by atoms with E-state index >= 15 is 0 Å². The zero-order chi connectivity index (χ0) is 27.9. The van der Waals surface area contributed by atoms with Gasteiger partial charge in [0.1, 0.15) is 23.3 Å². The Kier molecular flexibility index (Phi) is 6.88. The SMILES string of the molecule is CCCC(=O)OC(C)c1ccc(Cn2nc3c(c2Nc2ccc(F)cc2)C(=O)N(C)C2=NC(C)(C)CN23)cc1. The van der Waals surface area contributed by atoms with Crippen LogP contribution < -0.4 is 10.2 Å². The number of ether oxygens (including phenoxy) is 1. The molecule has 1 aromatic heterocycles. The minimum absolute atomic E-state index is 0.213. The van der Waals surface area contributed by atoms with Gasteiger partial charge in [-0.3, -0.25) is 19.4 Å². The third kappa shape index (κ3) is 5.23. The Morgan fingerprint density at radius 1 is 1.15 bits per heavy atom. The number of nitrogens with one attached hydrogen (secondary N) is 1. The largest absolute Gasteiger partial charge is 0.458 e. The van der Waals surface area contributed by atoms with Crippen LogP contribution in [-0.2, 0) is 16.1 Å². The number of aliphatic imine (C=N–C) groups is 1. The molecule has 2 aliphatic rings. The van der Waals surface area contributed by atoms with Crippen LogP contribution in [0.5, 0.6) is 0 Å². The van der Waals surface area contributed by atoms with Crippen molar-refractivity contribution in [3.8, 4) is 0 Å². The maximum absolute atomic E-state index is 13.6. The van der Waals surface area contributed by atoms with Crippen LogP contribution >= 0.6 is 0 Å². The molecule has 2 aromatic carbocycles. The molecule has 0 aliphatic carbocycles. The molecule has 2 aliphatic heterocycles. The topological polar surface area (TPSA) is 92.1 Å². The van der Waals surface area contributed by atoms with Gasteiger partial charge in [-0.25, -0.2) is 14.1 Å². The zero-order valence-corrected chi connectivity index (χ0v) is 22.9. The lowest BCUT2D eigenvalue weighted by molar-refractivity contribution is -0.148. The van der Waals surface area contributed by atoms with E-state index in [9.17, 15) is 14.0 Å². The number of guanidine groups is 1. The molecule has 204 valence electrons. The molecular weight excluding hydrogens is 499 g/mol. The molecule has 3 heterocycles. The number of amides is 1. The number of benzene rings is 2. The molecule has 1 N–H and O–H groups in total. The van der Waals surface area contributed by atoms with Crippen molar-refractivity contribution < 1.29 is 18.7 Å². The third-order valence-corrected chi connectivity index (χ3v) is 6.85. The van der Waals surface area contributed by atoms with Crippen molar-refractivity contribution >= 4 is 35.2 Å². The number of hydrogen-bond acceptors (Lipinski definition) is 7. The predicted octanol–water partition coefficient (Wildman–Crippen LogP) is 5.26. The van der Waals surface area contributed by atoms with Gasteiger partial charge in [-0.2, -0.15) is 5.10 Å². The van der Waals surface area contributed by atoms with Gasteiger partial charge in [-0.05, 0) is 62.6 Å². The van der Waals surface area contributed by atoms with E-state index in [0.717, 1.165) is 17.5 Å². The summed E-state index contributed by atoms with van der Waals surface area (Å²) in [7, 11) is 1.71. The van der Waals surface area contributed by atoms with Crippen molar-refractivity contribution in [2.45, 2.75) is 58.7 Å². The smallest absolute Gasteiger partial charge is 0.306 e. The fourth-order valence-electron chi connectivity index (χ4n) is 4.85. The Balaban J connectivity index is 1.49. The van der Waals surface area contributed by atoms with Gasteiger partial charge in [-0.15, -0.1) is 0 Å². The van der Waals surface area contributed by atoms with Crippen LogP contribution in [0.1, 0.15) is 68.1 Å². The second-order valence-electron chi connectivity index (χ2n) is 10.6. The van der Waals surface area contributed by atoms with Crippen LogP contribution in [0.3, 0.4) is 0 Å². The van der Waals surface area contributed by atoms with E-state index in [1.165, 1.54) is 12.1 Å². The summed E-state index contributed by atoms with van der Waals surface area (Å²) in [6.07, 6.45) is 0.785. The first kappa shape index (κ1) is 26.4. The lowest BCUT2D eigenvalue weighted by atomic mass is 10.1. The molecular formula is C29H33FN6O3. The Hall–Kier alpha value is -4.21. The minimum atomic E-state index is -0.368. The highest BCUT2D eigenvalue weighted by Crippen LogP contribution is 2.39. The van der Waals surface area contributed by atoms with Crippen LogP contribution in [0, 0.1) is 5.82 Å². The molecule has 0 saturated carbocycles. The van der Waals surface area contributed by atoms with Gasteiger partial charge < -0.3 is 10.1 Å². The standard InChI is InChI=1S/C29H33FN6O3/c1-6-7-23(37)39-18(2)20-10-8-19(9-11-20)16-36-25(31-22-14-12-21(30)13-15-22)24-26(33-36)35-17-29(3,4)32-28(35)34(5)27(24)38/h8-15,18,31H,6-7,16-17H2,1-5H3. The number of carbonyl (C=O) groups excluding carboxylic acids is 2. The second-order valence-corrected chi connectivity index (χ2v) is 10.6. The average molecular weight is 533 g/mol. The monoisotopic (exact) mass is 532 g/mol. The molecule has 9 nitrogen and oxygen atoms in total. The Labute approximate surface area is 227 Å². The fourth-order valence-corrected chi connectivity index (χ4v) is 4.85. The summed E-state index contributed by atoms with van der Waals surface area (Å²) in [5.41, 5.74) is 2.54. The van der Waals surface area contributed by atoms with Gasteiger partial charge >= 0.3 is 5.97 Å². The quantitative estimate of drug-likeness (QED) is 0.398. The Morgan fingerprint density at radius 3 is 2.51 bits per heavy atom. The summed E-state index contributed by atoms with van der Waals surface area (Å²) in [5.74, 6) is 0.860. The first-order valence-electron chi connectivity index (χ1n) is 13.1. The van der Waals surface area contributed by atoms with Gasteiger partial charge in [0, 0.05) is 19.2 Å². The molecule has 39 heavy (non-hydrogen) atoms. The zero-order valence-electron chi connectivity index (χ0n) is 22.9. The summed E-state index contributed by atoms with van der Waals surface area (Å²) < 4.78 is 20.9. The van der Waals surface area contributed by atoms with Crippen molar-refractivity contribution in [3.05, 3.63) is 71.0 Å². The lowest BCUT2D eigenvalue weighted by Crippen LogP contribution is -2.48. The number of fused-ring (bicyclic) bond motifs is 3. The highest BCUT2D eigenvalue weighted by atomic mass is 19.1. The van der Waals surface area contributed by atoms with Crippen LogP contribution in [0.4, 0.5) is 21.7 Å². The molecule has 10 heteroatoms. The molecule has 0 bridgehead atoms. The maximum Gasteiger partial charge on any atom is 0.306 e. The molecule has 0 saturated heterocycles. The molecule has 5 rings (SSSR count). The number of esters is 1. The first-order chi connectivity index (χ1) is 18.6. The highest BCUT2D eigenvalue weighted by Gasteiger charge is 2.45. The Bertz CT molecular complexity index is 1430. The first-order valence-corrected chi connectivity index (χ1v) is 13.1. The third-order valence-electron chi connectivity index (χ3n) is 6.85. The average Bonchev–Trinajstić information content (AvgIpc) is 3.41. The molecule has 1 amide bonds. The van der Waals surface area contributed by atoms with Gasteiger partial charge in [0.25, 0.3) is 5.91 Å². The number of nitrogens with zero attached hydrogens (tertiary/aromatic N) is 5. The minimum Gasteiger partial charge on any atom is -0.458 e. The summed E-state index contributed by atoms with van der Waals surface area (Å²) in [5, 5.41) is 8.18. The van der Waals surface area contributed by atoms with Crippen molar-refractivity contribution in [3.63, 3.8) is 0 Å². The number of aromatic nitrogens is 2. The van der Waals surface area contributed by atoms with E-state index in [2.05, 4.69) is 5.32 Å². The maximum atomic E-state index is 13.6. The van der Waals surface area contributed by atoms with Gasteiger partial charge in [0.2, 0.25) is 5.96 Å². The summed E-state index contributed by atoms with van der Waals surface area (Å²) in [6.45, 7) is 8.80. The van der Waals surface area contributed by atoms with Crippen LogP contribution in [0.2, 0.25) is 0 Å². The van der Waals surface area contributed by atoms with E-state index in [0.29, 0.717) is 48.4 Å². The molecule has 0 radical (unpaired) electrons. The summed E-state index contributed by atoms with van der Waals surface area (Å²) in [6, 6.07) is 13.8. The fraction of sp³-hybridized carbons (Fsp3) is 0.379. The normalized spacial score (nSPS) is 16.5. The van der Waals surface area contributed by atoms with E-state index < -0.39 is 0 Å². The number of halogens is 1. The summed E-state index contributed by atoms with van der Waals surface area (Å²) >= 11 is 0. The molecule has 1 atom stereocenters. The van der Waals surface area contributed by atoms with E-state index in [-0.39, 0.29) is 29.3 Å². The number of hydrogen-bond donors (Lipinski definition) is 1. The van der Waals surface area contributed by atoms with E-state index in [1.807, 2.05) is 56.9 Å². The van der Waals surface area contributed by atoms with Crippen molar-refractivity contribution in [1.29, 1.82) is 0 Å². The van der Waals surface area contributed by atoms with Crippen molar-refractivity contribution in [2.24, 2.45) is 4.99 Å². The van der Waals surface area contributed by atoms with E-state index in [1.54, 1.807) is 28.8 Å². The van der Waals surface area contributed by atoms with Crippen LogP contribution in [-0.4, -0.2) is 51.6 Å². The highest BCUT2D eigenvalue weighted by molar-refractivity contribution is 6.20. The molecule has 3 aromatic rings. The van der Waals surface area contributed by atoms with E-state index in [4.69, 9.17) is 14.8 Å². The lowest BCUT2D eigenvalue weighted by Gasteiger charge is -2.30. The van der Waals surface area contributed by atoms with Crippen molar-refractivity contribution in [2.75, 3.05) is 23.8 Å². The predicted molar refractivity (Wildman–Crippen MR) is 148 cm³/mol. The van der Waals surface area contributed by atoms with Gasteiger partial charge in [0.05, 0.1) is 18.6 Å². The van der Waals surface area contributed by atoms with Gasteiger partial charge in [-0.1, -0.05) is 31.2 Å². The van der Waals surface area contributed by atoms with Gasteiger partial charge in [0.15, 0.2) is 5.82 Å². The number of carbonyl (C=O) groups is 2. The molecule has 0 spiro atoms. The molecule has 1 unspecified atom stereocenters. The van der Waals surface area contributed by atoms with Crippen LogP contribution in [0.15, 0.2) is 53.5 Å². The number of anilines is 3. The Morgan fingerprint density at radius 2 is 1.85 bits per heavy atom. The van der Waals surface area contributed by atoms with Crippen LogP contribution in [0.25, 0.3) is 0 Å². The number of rotatable bonds is 8.